The number of methoxy groups -OCH3 is 1. The van der Waals surface area contributed by atoms with Gasteiger partial charge in [-0.1, -0.05) is 0 Å². The molecule has 5 nitrogen and oxygen atoms in total. The van der Waals surface area contributed by atoms with Gasteiger partial charge in [0.1, 0.15) is 16.5 Å². The number of hydrogen-bond donors (Lipinski definition) is 1. The van der Waals surface area contributed by atoms with Crippen LogP contribution in [0.5, 0.6) is 0 Å². The van der Waals surface area contributed by atoms with Gasteiger partial charge in [-0.2, -0.15) is 0 Å². The molecular weight excluding hydrogens is 316 g/mol. The van der Waals surface area contributed by atoms with E-state index in [0.717, 1.165) is 0 Å². The van der Waals surface area contributed by atoms with Crippen molar-refractivity contribution in [1.29, 1.82) is 0 Å². The molecule has 20 heavy (non-hydrogen) atoms. The Hall–Kier alpha value is -1.25. The number of amides is 1. The lowest BCUT2D eigenvalue weighted by Crippen LogP contribution is -2.32. The number of hydrogen-bond acceptors (Lipinski definition) is 4. The zero-order chi connectivity index (χ0) is 15.5. The van der Waals surface area contributed by atoms with Crippen molar-refractivity contribution in [3.63, 3.8) is 0 Å². The molecule has 0 aromatic heterocycles. The van der Waals surface area contributed by atoms with Crippen molar-refractivity contribution in [2.75, 3.05) is 13.7 Å². The summed E-state index contributed by atoms with van der Waals surface area (Å²) in [7, 11) is 2.01. The summed E-state index contributed by atoms with van der Waals surface area (Å²) in [6.07, 6.45) is -0.321. The number of rotatable bonds is 5. The summed E-state index contributed by atoms with van der Waals surface area (Å²) in [6, 6.07) is 0.851. The molecule has 0 radical (unpaired) electrons. The predicted octanol–water partition coefficient (Wildman–Crippen LogP) is 1.66. The molecule has 0 spiro atoms. The normalized spacial score (nSPS) is 13.1. The Morgan fingerprint density at radius 2 is 2.00 bits per heavy atom. The molecule has 1 unspecified atom stereocenters. The third kappa shape index (κ3) is 4.12. The molecule has 0 bridgehead atoms. The minimum absolute atomic E-state index is 0.0785. The summed E-state index contributed by atoms with van der Waals surface area (Å²) in [5.74, 6) is -3.44. The van der Waals surface area contributed by atoms with Crippen LogP contribution in [0.1, 0.15) is 17.3 Å². The van der Waals surface area contributed by atoms with E-state index in [0.29, 0.717) is 12.1 Å². The van der Waals surface area contributed by atoms with Gasteiger partial charge in [-0.15, -0.1) is 0 Å². The highest BCUT2D eigenvalue weighted by Gasteiger charge is 2.22. The molecule has 112 valence electrons. The average Bonchev–Trinajstić information content (AvgIpc) is 2.33. The van der Waals surface area contributed by atoms with Gasteiger partial charge in [0.25, 0.3) is 15.0 Å². The minimum atomic E-state index is -4.42. The van der Waals surface area contributed by atoms with Crippen molar-refractivity contribution >= 4 is 25.6 Å². The van der Waals surface area contributed by atoms with Crippen molar-refractivity contribution in [1.82, 2.24) is 5.32 Å². The van der Waals surface area contributed by atoms with E-state index in [2.05, 4.69) is 5.32 Å². The second kappa shape index (κ2) is 6.47. The van der Waals surface area contributed by atoms with Gasteiger partial charge in [0.15, 0.2) is 0 Å². The number of carbonyl (C=O) groups is 1. The molecule has 1 N–H and O–H groups in total. The van der Waals surface area contributed by atoms with Gasteiger partial charge >= 0.3 is 0 Å². The van der Waals surface area contributed by atoms with Crippen LogP contribution < -0.4 is 5.32 Å². The first-order valence-corrected chi connectivity index (χ1v) is 7.72. The zero-order valence-electron chi connectivity index (χ0n) is 10.6. The summed E-state index contributed by atoms with van der Waals surface area (Å²) in [4.78, 5) is 10.8. The van der Waals surface area contributed by atoms with Gasteiger partial charge in [0.05, 0.1) is 11.7 Å². The van der Waals surface area contributed by atoms with E-state index in [1.54, 1.807) is 6.92 Å². The smallest absolute Gasteiger partial charge is 0.264 e. The van der Waals surface area contributed by atoms with Crippen LogP contribution in [0.3, 0.4) is 0 Å². The summed E-state index contributed by atoms with van der Waals surface area (Å²) in [5, 5.41) is 2.32. The highest BCUT2D eigenvalue weighted by atomic mass is 35.7. The summed E-state index contributed by atoms with van der Waals surface area (Å²) in [5.41, 5.74) is -0.617. The van der Waals surface area contributed by atoms with E-state index in [-0.39, 0.29) is 12.6 Å². The van der Waals surface area contributed by atoms with E-state index in [4.69, 9.17) is 15.4 Å². The third-order valence-corrected chi connectivity index (χ3v) is 3.82. The molecule has 1 amide bonds. The lowest BCUT2D eigenvalue weighted by atomic mass is 10.2. The SMILES string of the molecule is COC(C)CNC(=O)c1cc(S(=O)(=O)Cl)c(F)cc1F. The molecule has 0 saturated carbocycles. The maximum absolute atomic E-state index is 13.5. The number of halogens is 3. The maximum atomic E-state index is 13.5. The molecule has 0 saturated heterocycles. The standard InChI is InChI=1S/C11H12ClF2NO4S/c1-6(19-2)5-15-11(16)7-3-10(20(12,17)18)9(14)4-8(7)13/h3-4,6H,5H2,1-2H3,(H,15,16). The van der Waals surface area contributed by atoms with Crippen LogP contribution in [-0.4, -0.2) is 34.1 Å². The molecule has 1 aromatic rings. The zero-order valence-corrected chi connectivity index (χ0v) is 12.2. The Morgan fingerprint density at radius 3 is 2.50 bits per heavy atom. The van der Waals surface area contributed by atoms with Crippen molar-refractivity contribution in [2.24, 2.45) is 0 Å². The fourth-order valence-electron chi connectivity index (χ4n) is 1.30. The maximum Gasteiger partial charge on any atom is 0.264 e. The van der Waals surface area contributed by atoms with Gasteiger partial charge < -0.3 is 10.1 Å². The fourth-order valence-corrected chi connectivity index (χ4v) is 2.21. The number of ether oxygens (including phenoxy) is 1. The van der Waals surface area contributed by atoms with Crippen LogP contribution in [0.15, 0.2) is 17.0 Å². The topological polar surface area (TPSA) is 72.5 Å². The first kappa shape index (κ1) is 16.8. The Balaban J connectivity index is 3.10. The van der Waals surface area contributed by atoms with E-state index in [1.165, 1.54) is 7.11 Å². The van der Waals surface area contributed by atoms with Crippen LogP contribution in [0, 0.1) is 11.6 Å². The molecule has 0 aliphatic heterocycles. The van der Waals surface area contributed by atoms with Gasteiger partial charge in [-0.3, -0.25) is 4.79 Å². The first-order chi connectivity index (χ1) is 9.16. The van der Waals surface area contributed by atoms with Gasteiger partial charge in [0.2, 0.25) is 0 Å². The monoisotopic (exact) mass is 327 g/mol. The van der Waals surface area contributed by atoms with Crippen molar-refractivity contribution in [3.8, 4) is 0 Å². The van der Waals surface area contributed by atoms with Crippen molar-refractivity contribution in [2.45, 2.75) is 17.9 Å². The van der Waals surface area contributed by atoms with Crippen LogP contribution in [0.2, 0.25) is 0 Å². The van der Waals surface area contributed by atoms with Crippen LogP contribution in [-0.2, 0) is 13.8 Å². The molecule has 1 rings (SSSR count). The Bertz CT molecular complexity index is 621. The van der Waals surface area contributed by atoms with Crippen molar-refractivity contribution in [3.05, 3.63) is 29.3 Å². The van der Waals surface area contributed by atoms with Gasteiger partial charge in [0, 0.05) is 30.4 Å². The fraction of sp³-hybridized carbons (Fsp3) is 0.364. The van der Waals surface area contributed by atoms with Crippen LogP contribution >= 0.6 is 10.7 Å². The Labute approximate surface area is 119 Å². The molecule has 0 heterocycles. The third-order valence-electron chi connectivity index (χ3n) is 2.48. The van der Waals surface area contributed by atoms with E-state index >= 15 is 0 Å². The molecule has 0 aliphatic carbocycles. The van der Waals surface area contributed by atoms with Crippen molar-refractivity contribution < 1.29 is 26.7 Å². The number of carbonyl (C=O) groups excluding carboxylic acids is 1. The highest BCUT2D eigenvalue weighted by Crippen LogP contribution is 2.22. The molecule has 9 heteroatoms. The lowest BCUT2D eigenvalue weighted by Gasteiger charge is -2.11. The van der Waals surface area contributed by atoms with Crippen LogP contribution in [0.4, 0.5) is 8.78 Å². The number of nitrogens with one attached hydrogen (secondary N) is 1. The molecule has 0 fully saturated rings. The minimum Gasteiger partial charge on any atom is -0.380 e. The molecule has 1 atom stereocenters. The first-order valence-electron chi connectivity index (χ1n) is 5.41. The summed E-state index contributed by atoms with van der Waals surface area (Å²) >= 11 is 0. The van der Waals surface area contributed by atoms with Gasteiger partial charge in [-0.25, -0.2) is 17.2 Å². The lowest BCUT2D eigenvalue weighted by molar-refractivity contribution is 0.0866. The quantitative estimate of drug-likeness (QED) is 0.835. The van der Waals surface area contributed by atoms with E-state index in [9.17, 15) is 22.0 Å². The van der Waals surface area contributed by atoms with Gasteiger partial charge in [-0.05, 0) is 13.0 Å². The Kier molecular flexibility index (Phi) is 5.43. The predicted molar refractivity (Wildman–Crippen MR) is 68.2 cm³/mol. The second-order valence-electron chi connectivity index (χ2n) is 3.96. The number of benzene rings is 1. The average molecular weight is 328 g/mol. The van der Waals surface area contributed by atoms with Crippen LogP contribution in [0.25, 0.3) is 0 Å². The molecular formula is C11H12ClF2NO4S. The summed E-state index contributed by atoms with van der Waals surface area (Å²) in [6.45, 7) is 1.74. The van der Waals surface area contributed by atoms with E-state index < -0.39 is 37.1 Å². The molecule has 1 aromatic carbocycles. The van der Waals surface area contributed by atoms with E-state index in [1.807, 2.05) is 0 Å². The Morgan fingerprint density at radius 1 is 1.40 bits per heavy atom. The largest absolute Gasteiger partial charge is 0.380 e. The second-order valence-corrected chi connectivity index (χ2v) is 6.49. The summed E-state index contributed by atoms with van der Waals surface area (Å²) < 4.78 is 53.9. The molecule has 0 aliphatic rings. The highest BCUT2D eigenvalue weighted by molar-refractivity contribution is 8.13.